The lowest BCUT2D eigenvalue weighted by Gasteiger charge is -2.24. The third kappa shape index (κ3) is 5.09. The smallest absolute Gasteiger partial charge is 0.410 e. The SMILES string of the molecule is CN(CC(=O)Nc1cnn(Cc2cn3ccccc3n2)c1)C(=O)OC(C)(C)C. The van der Waals surface area contributed by atoms with Crippen LogP contribution in [0.3, 0.4) is 0 Å². The van der Waals surface area contributed by atoms with Gasteiger partial charge in [0.1, 0.15) is 17.8 Å². The van der Waals surface area contributed by atoms with Gasteiger partial charge < -0.3 is 19.4 Å². The summed E-state index contributed by atoms with van der Waals surface area (Å²) in [7, 11) is 1.51. The Kier molecular flexibility index (Phi) is 5.34. The van der Waals surface area contributed by atoms with Crippen LogP contribution >= 0.6 is 0 Å². The minimum absolute atomic E-state index is 0.119. The van der Waals surface area contributed by atoms with Crippen LogP contribution in [0.4, 0.5) is 10.5 Å². The molecule has 0 fully saturated rings. The lowest BCUT2D eigenvalue weighted by molar-refractivity contribution is -0.117. The third-order valence-corrected chi connectivity index (χ3v) is 3.74. The van der Waals surface area contributed by atoms with Gasteiger partial charge in [0.15, 0.2) is 0 Å². The number of likely N-dealkylation sites (N-methyl/N-ethyl adjacent to an activating group) is 1. The van der Waals surface area contributed by atoms with Crippen LogP contribution in [0.2, 0.25) is 0 Å². The molecule has 0 saturated carbocycles. The summed E-state index contributed by atoms with van der Waals surface area (Å²) < 4.78 is 8.86. The van der Waals surface area contributed by atoms with Crippen molar-refractivity contribution in [2.24, 2.45) is 0 Å². The van der Waals surface area contributed by atoms with Gasteiger partial charge in [-0.25, -0.2) is 9.78 Å². The van der Waals surface area contributed by atoms with Gasteiger partial charge in [-0.05, 0) is 32.9 Å². The van der Waals surface area contributed by atoms with Gasteiger partial charge >= 0.3 is 6.09 Å². The highest BCUT2D eigenvalue weighted by Gasteiger charge is 2.21. The van der Waals surface area contributed by atoms with E-state index >= 15 is 0 Å². The molecule has 9 heteroatoms. The van der Waals surface area contributed by atoms with Crippen molar-refractivity contribution in [1.29, 1.82) is 0 Å². The number of rotatable bonds is 5. The normalized spacial score (nSPS) is 11.4. The van der Waals surface area contributed by atoms with Gasteiger partial charge in [-0.1, -0.05) is 6.07 Å². The second-order valence-corrected chi connectivity index (χ2v) is 7.51. The van der Waals surface area contributed by atoms with Gasteiger partial charge in [-0.3, -0.25) is 9.48 Å². The topological polar surface area (TPSA) is 93.8 Å². The van der Waals surface area contributed by atoms with Gasteiger partial charge in [0.2, 0.25) is 5.91 Å². The minimum Gasteiger partial charge on any atom is -0.444 e. The Balaban J connectivity index is 1.55. The maximum Gasteiger partial charge on any atom is 0.410 e. The number of imidazole rings is 1. The molecule has 0 bridgehead atoms. The molecule has 148 valence electrons. The molecule has 0 aliphatic carbocycles. The van der Waals surface area contributed by atoms with E-state index in [2.05, 4.69) is 15.4 Å². The third-order valence-electron chi connectivity index (χ3n) is 3.74. The fourth-order valence-corrected chi connectivity index (χ4v) is 2.56. The van der Waals surface area contributed by atoms with E-state index in [1.54, 1.807) is 37.8 Å². The number of carbonyl (C=O) groups excluding carboxylic acids is 2. The standard InChI is InChI=1S/C19H24N6O3/c1-19(2,3)28-18(27)23(4)13-17(26)22-14-9-20-25(11-14)12-15-10-24-8-6-5-7-16(24)21-15/h5-11H,12-13H2,1-4H3,(H,22,26). The summed E-state index contributed by atoms with van der Waals surface area (Å²) in [5, 5.41) is 6.97. The molecule has 0 aliphatic rings. The molecule has 3 aromatic rings. The van der Waals surface area contributed by atoms with E-state index in [9.17, 15) is 9.59 Å². The first kappa shape index (κ1) is 19.4. The van der Waals surface area contributed by atoms with Crippen LogP contribution < -0.4 is 5.32 Å². The molecule has 0 aromatic carbocycles. The molecule has 28 heavy (non-hydrogen) atoms. The number of nitrogens with one attached hydrogen (secondary N) is 1. The molecule has 0 aliphatic heterocycles. The number of hydrogen-bond donors (Lipinski definition) is 1. The van der Waals surface area contributed by atoms with Crippen LogP contribution in [0.25, 0.3) is 5.65 Å². The number of nitrogens with zero attached hydrogens (tertiary/aromatic N) is 5. The van der Waals surface area contributed by atoms with Crippen molar-refractivity contribution in [3.63, 3.8) is 0 Å². The van der Waals surface area contributed by atoms with Crippen molar-refractivity contribution in [2.45, 2.75) is 32.9 Å². The number of ether oxygens (including phenoxy) is 1. The van der Waals surface area contributed by atoms with E-state index < -0.39 is 11.7 Å². The molecule has 9 nitrogen and oxygen atoms in total. The predicted molar refractivity (Wildman–Crippen MR) is 104 cm³/mol. The van der Waals surface area contributed by atoms with Crippen LogP contribution in [-0.2, 0) is 16.1 Å². The van der Waals surface area contributed by atoms with E-state index in [1.807, 2.05) is 35.0 Å². The Bertz CT molecular complexity index is 952. The number of hydrogen-bond acceptors (Lipinski definition) is 5. The highest BCUT2D eigenvalue weighted by atomic mass is 16.6. The summed E-state index contributed by atoms with van der Waals surface area (Å²) in [6.07, 6.45) is 6.59. The summed E-state index contributed by atoms with van der Waals surface area (Å²) in [5.74, 6) is -0.333. The number of anilines is 1. The summed E-state index contributed by atoms with van der Waals surface area (Å²) in [6, 6.07) is 5.80. The molecule has 3 aromatic heterocycles. The highest BCUT2D eigenvalue weighted by molar-refractivity contribution is 5.93. The van der Waals surface area contributed by atoms with Gasteiger partial charge in [-0.15, -0.1) is 0 Å². The molecule has 3 heterocycles. The molecular weight excluding hydrogens is 360 g/mol. The first-order chi connectivity index (χ1) is 13.2. The molecule has 2 amide bonds. The average molecular weight is 384 g/mol. The highest BCUT2D eigenvalue weighted by Crippen LogP contribution is 2.11. The summed E-state index contributed by atoms with van der Waals surface area (Å²) >= 11 is 0. The molecular formula is C19H24N6O3. The number of amides is 2. The second-order valence-electron chi connectivity index (χ2n) is 7.51. The van der Waals surface area contributed by atoms with Crippen LogP contribution in [0.1, 0.15) is 26.5 Å². The van der Waals surface area contributed by atoms with E-state index in [0.717, 1.165) is 11.3 Å². The fourth-order valence-electron chi connectivity index (χ4n) is 2.56. The summed E-state index contributed by atoms with van der Waals surface area (Å²) in [4.78, 5) is 29.8. The zero-order valence-electron chi connectivity index (χ0n) is 16.4. The maximum atomic E-state index is 12.2. The van der Waals surface area contributed by atoms with Crippen molar-refractivity contribution < 1.29 is 14.3 Å². The van der Waals surface area contributed by atoms with E-state index in [1.165, 1.54) is 11.9 Å². The van der Waals surface area contributed by atoms with Gasteiger partial charge in [0.25, 0.3) is 0 Å². The van der Waals surface area contributed by atoms with E-state index in [4.69, 9.17) is 4.74 Å². The van der Waals surface area contributed by atoms with Crippen LogP contribution in [0.5, 0.6) is 0 Å². The van der Waals surface area contributed by atoms with Gasteiger partial charge in [-0.2, -0.15) is 5.10 Å². The molecule has 0 spiro atoms. The first-order valence-electron chi connectivity index (χ1n) is 8.89. The lowest BCUT2D eigenvalue weighted by atomic mass is 10.2. The van der Waals surface area contributed by atoms with Crippen LogP contribution in [0, 0.1) is 0 Å². The zero-order chi connectivity index (χ0) is 20.3. The van der Waals surface area contributed by atoms with Gasteiger partial charge in [0.05, 0.1) is 24.1 Å². The van der Waals surface area contributed by atoms with Crippen molar-refractivity contribution in [2.75, 3.05) is 18.9 Å². The van der Waals surface area contributed by atoms with Crippen molar-refractivity contribution in [1.82, 2.24) is 24.1 Å². The van der Waals surface area contributed by atoms with Gasteiger partial charge in [0, 0.05) is 25.6 Å². The van der Waals surface area contributed by atoms with E-state index in [0.29, 0.717) is 12.2 Å². The number of aromatic nitrogens is 4. The Morgan fingerprint density at radius 2 is 2.04 bits per heavy atom. The molecule has 0 radical (unpaired) electrons. The van der Waals surface area contributed by atoms with Crippen LogP contribution in [0.15, 0.2) is 43.0 Å². The monoisotopic (exact) mass is 384 g/mol. The predicted octanol–water partition coefficient (Wildman–Crippen LogP) is 2.38. The van der Waals surface area contributed by atoms with Crippen LogP contribution in [-0.4, -0.2) is 55.3 Å². The Labute approximate surface area is 162 Å². The zero-order valence-corrected chi connectivity index (χ0v) is 16.4. The number of pyridine rings is 1. The number of carbonyl (C=O) groups is 2. The number of fused-ring (bicyclic) bond motifs is 1. The molecule has 1 N–H and O–H groups in total. The Morgan fingerprint density at radius 1 is 1.25 bits per heavy atom. The molecule has 0 atom stereocenters. The van der Waals surface area contributed by atoms with Crippen molar-refractivity contribution in [3.8, 4) is 0 Å². The minimum atomic E-state index is -0.610. The Morgan fingerprint density at radius 3 is 2.75 bits per heavy atom. The molecule has 0 unspecified atom stereocenters. The second kappa shape index (κ2) is 7.71. The Hall–Kier alpha value is -3.36. The van der Waals surface area contributed by atoms with E-state index in [-0.39, 0.29) is 12.5 Å². The molecule has 0 saturated heterocycles. The average Bonchev–Trinajstić information content (AvgIpc) is 3.19. The van der Waals surface area contributed by atoms with Crippen molar-refractivity contribution in [3.05, 3.63) is 48.7 Å². The lowest BCUT2D eigenvalue weighted by Crippen LogP contribution is -2.38. The quantitative estimate of drug-likeness (QED) is 0.729. The van der Waals surface area contributed by atoms with Crippen molar-refractivity contribution >= 4 is 23.3 Å². The maximum absolute atomic E-state index is 12.2. The summed E-state index contributed by atoms with van der Waals surface area (Å²) in [5.41, 5.74) is 1.66. The molecule has 3 rings (SSSR count). The first-order valence-corrected chi connectivity index (χ1v) is 8.89. The largest absolute Gasteiger partial charge is 0.444 e. The fraction of sp³-hybridized carbons (Fsp3) is 0.368. The summed E-state index contributed by atoms with van der Waals surface area (Å²) in [6.45, 7) is 5.69.